The first kappa shape index (κ1) is 51.8. The van der Waals surface area contributed by atoms with Gasteiger partial charge in [0.25, 0.3) is 0 Å². The minimum Gasteiger partial charge on any atom is -0.478 e. The lowest BCUT2D eigenvalue weighted by Crippen LogP contribution is -2.31. The van der Waals surface area contributed by atoms with Gasteiger partial charge in [-0.3, -0.25) is 9.59 Å². The Morgan fingerprint density at radius 1 is 0.667 bits per heavy atom. The van der Waals surface area contributed by atoms with Gasteiger partial charge in [0.2, 0.25) is 11.8 Å². The van der Waals surface area contributed by atoms with E-state index < -0.39 is 24.1 Å². The van der Waals surface area contributed by atoms with Crippen molar-refractivity contribution in [2.24, 2.45) is 11.5 Å². The zero-order valence-corrected chi connectivity index (χ0v) is 35.4. The molecule has 3 rings (SSSR count). The van der Waals surface area contributed by atoms with Gasteiger partial charge in [0.1, 0.15) is 14.6 Å². The second kappa shape index (κ2) is 35.2. The third-order valence-corrected chi connectivity index (χ3v) is 7.29. The number of aryl methyl sites for hydroxylation is 1. The summed E-state index contributed by atoms with van der Waals surface area (Å²) in [5.41, 5.74) is 19.4. The second-order valence-corrected chi connectivity index (χ2v) is 11.9. The molecule has 0 unspecified atom stereocenters. The maximum Gasteiger partial charge on any atom is 0.407 e. The van der Waals surface area contributed by atoms with Gasteiger partial charge >= 0.3 is 24.1 Å². The number of nitrogen functional groups attached to an aromatic ring is 1. The highest BCUT2D eigenvalue weighted by molar-refractivity contribution is 14.1. The summed E-state index contributed by atoms with van der Waals surface area (Å²) in [6.45, 7) is 4.16. The van der Waals surface area contributed by atoms with Crippen LogP contribution in [0.3, 0.4) is 0 Å². The number of rotatable bonds is 16. The van der Waals surface area contributed by atoms with E-state index in [0.29, 0.717) is 46.4 Å². The summed E-state index contributed by atoms with van der Waals surface area (Å²) < 4.78 is 21.2. The molecule has 3 aromatic rings. The van der Waals surface area contributed by atoms with Crippen molar-refractivity contribution in [1.29, 1.82) is 0 Å². The molecular weight excluding hydrogens is 972 g/mol. The van der Waals surface area contributed by atoms with Crippen LogP contribution in [0.15, 0.2) is 72.8 Å². The number of carbonyl (C=O) groups excluding carboxylic acids is 4. The van der Waals surface area contributed by atoms with Crippen LogP contribution < -0.4 is 38.5 Å². The van der Waals surface area contributed by atoms with Crippen molar-refractivity contribution < 1.29 is 54.6 Å². The first-order valence-electron chi connectivity index (χ1n) is 17.0. The van der Waals surface area contributed by atoms with Gasteiger partial charge in [-0.25, -0.2) is 19.2 Å². The Morgan fingerprint density at radius 3 is 1.35 bits per heavy atom. The third-order valence-electron chi connectivity index (χ3n) is 5.90. The molecule has 0 aliphatic heterocycles. The number of aromatic carboxylic acids is 2. The minimum absolute atomic E-state index is 0.0412. The topological polar surface area (TPSA) is 297 Å². The van der Waals surface area contributed by atoms with Crippen molar-refractivity contribution >= 4 is 98.2 Å². The highest BCUT2D eigenvalue weighted by atomic mass is 127. The lowest BCUT2D eigenvalue weighted by atomic mass is 10.2. The Labute approximate surface area is 360 Å². The number of benzene rings is 3. The number of alkyl halides is 2. The van der Waals surface area contributed by atoms with Crippen molar-refractivity contribution in [2.75, 3.05) is 77.8 Å². The van der Waals surface area contributed by atoms with E-state index in [1.807, 2.05) is 76.4 Å². The van der Waals surface area contributed by atoms with E-state index in [-0.39, 0.29) is 49.4 Å². The molecule has 0 saturated carbocycles. The molecule has 57 heavy (non-hydrogen) atoms. The lowest BCUT2D eigenvalue weighted by Gasteiger charge is -2.08. The van der Waals surface area contributed by atoms with Gasteiger partial charge in [-0.2, -0.15) is 0 Å². The number of nitrogens with two attached hydrogens (primary N) is 3. The van der Waals surface area contributed by atoms with Crippen LogP contribution in [0.5, 0.6) is 0 Å². The first-order chi connectivity index (χ1) is 27.7. The van der Waals surface area contributed by atoms with Crippen LogP contribution in [-0.4, -0.2) is 108 Å². The average Bonchev–Trinajstić information content (AvgIpc) is 3.21. The number of carboxylic acids is 2. The van der Waals surface area contributed by atoms with E-state index in [1.54, 1.807) is 24.3 Å². The molecule has 0 radical (unpaired) electrons. The maximum atomic E-state index is 11.0. The summed E-state index contributed by atoms with van der Waals surface area (Å²) in [5.74, 6) is -1.97. The Morgan fingerprint density at radius 2 is 1.02 bits per heavy atom. The highest BCUT2D eigenvalue weighted by Crippen LogP contribution is 2.10. The first-order valence-corrected chi connectivity index (χ1v) is 19.6. The van der Waals surface area contributed by atoms with Crippen molar-refractivity contribution in [3.8, 4) is 12.8 Å². The van der Waals surface area contributed by atoms with Crippen LogP contribution in [0.1, 0.15) is 27.7 Å². The van der Waals surface area contributed by atoms with E-state index in [4.69, 9.17) is 43.0 Å². The van der Waals surface area contributed by atoms with Crippen molar-refractivity contribution in [3.63, 3.8) is 0 Å². The lowest BCUT2D eigenvalue weighted by molar-refractivity contribution is -0.114. The van der Waals surface area contributed by atoms with E-state index in [2.05, 4.69) is 27.7 Å². The van der Waals surface area contributed by atoms with Crippen LogP contribution in [0, 0.1) is 19.7 Å². The Hall–Kier alpha value is -5.22. The van der Waals surface area contributed by atoms with Crippen LogP contribution in [0.25, 0.3) is 0 Å². The summed E-state index contributed by atoms with van der Waals surface area (Å²) in [7, 11) is 0. The van der Waals surface area contributed by atoms with Crippen LogP contribution in [-0.2, 0) is 23.8 Å². The number of terminal acetylenes is 1. The van der Waals surface area contributed by atoms with Gasteiger partial charge in [-0.05, 0) is 67.6 Å². The average molecular weight is 1020 g/mol. The number of amides is 4. The Balaban J connectivity index is 0. The fourth-order valence-electron chi connectivity index (χ4n) is 3.29. The zero-order valence-electron chi connectivity index (χ0n) is 32.1. The summed E-state index contributed by atoms with van der Waals surface area (Å²) in [5, 5.41) is 27.3. The van der Waals surface area contributed by atoms with Crippen molar-refractivity contribution in [1.82, 2.24) is 10.6 Å². The van der Waals surface area contributed by atoms with Crippen molar-refractivity contribution in [3.05, 3.63) is 89.5 Å². The molecule has 0 aliphatic carbocycles. The van der Waals surface area contributed by atoms with Gasteiger partial charge in [-0.15, -0.1) is 12.8 Å². The predicted molar refractivity (Wildman–Crippen MR) is 235 cm³/mol. The standard InChI is InChI=1S/C10H22N4O5.C9H8INO3.C9H10INO.C7H7NO2.C2H2/c11-1-3-13-9(15)18-7-5-17-6-8-19-10(16)14-4-2-12;10-5-8(12)11-7-3-1-6(2-4-7)9(13)14;1-7-2-4-8(5-3-7)11-9(12)6-10;8-6-3-1-5(2-4-6)7(9)10;1-2/h1-8,11-12H2,(H,13,15)(H,14,16);1-4H,5H2,(H,11,12)(H,13,14);2-5H,6H2,1H3,(H,11,12);1-4H,8H2,(H,9,10);1-2H/i;;;;1D. The molecule has 0 spiro atoms. The molecule has 0 saturated heterocycles. The monoisotopic (exact) mass is 1020 g/mol. The number of hydrogen-bond acceptors (Lipinski definition) is 12. The largest absolute Gasteiger partial charge is 0.478 e. The minimum atomic E-state index is -0.975. The number of carbonyl (C=O) groups is 6. The third kappa shape index (κ3) is 30.7. The van der Waals surface area contributed by atoms with Crippen LogP contribution in [0.2, 0.25) is 0 Å². The molecule has 0 atom stereocenters. The number of carboxylic acid groups (broad SMARTS) is 2. The van der Waals surface area contributed by atoms with E-state index in [1.165, 1.54) is 36.2 Å². The molecule has 312 valence electrons. The number of alkyl carbamates (subject to hydrolysis) is 2. The quantitative estimate of drug-likeness (QED) is 0.0325. The molecule has 0 heterocycles. The molecule has 0 fully saturated rings. The van der Waals surface area contributed by atoms with E-state index in [9.17, 15) is 28.8 Å². The molecule has 12 N–H and O–H groups in total. The second-order valence-electron chi connectivity index (χ2n) is 10.4. The molecule has 3 aromatic carbocycles. The fourth-order valence-corrected chi connectivity index (χ4v) is 3.67. The summed E-state index contributed by atoms with van der Waals surface area (Å²) >= 11 is 3.99. The number of hydrogen-bond donors (Lipinski definition) is 9. The zero-order chi connectivity index (χ0) is 44.1. The molecule has 0 aliphatic rings. The smallest absolute Gasteiger partial charge is 0.407 e. The SMILES string of the molecule is Cc1ccc(NC(=O)CI)cc1.NCCNC(=O)OCCOCCOC(=O)NCCN.Nc1ccc(C(=O)O)cc1.O=C(CI)Nc1ccc(C(=O)O)cc1.[2H]C#C. The summed E-state index contributed by atoms with van der Waals surface area (Å²) in [6.07, 6.45) is 4.69. The van der Waals surface area contributed by atoms with Crippen LogP contribution in [0.4, 0.5) is 26.7 Å². The number of anilines is 3. The summed E-state index contributed by atoms with van der Waals surface area (Å²) in [4.78, 5) is 64.6. The van der Waals surface area contributed by atoms with Gasteiger partial charge in [0, 0.05) is 43.2 Å². The normalized spacial score (nSPS) is 9.37. The van der Waals surface area contributed by atoms with Gasteiger partial charge in [0.15, 0.2) is 0 Å². The van der Waals surface area contributed by atoms with E-state index in [0.717, 1.165) is 5.69 Å². The molecule has 0 aromatic heterocycles. The molecule has 20 heteroatoms. The van der Waals surface area contributed by atoms with Gasteiger partial charge in [0.05, 0.1) is 33.2 Å². The Kier molecular flexibility index (Phi) is 32.0. The van der Waals surface area contributed by atoms with Gasteiger partial charge < -0.3 is 62.9 Å². The summed E-state index contributed by atoms with van der Waals surface area (Å²) in [6, 6.07) is 19.8. The predicted octanol–water partition coefficient (Wildman–Crippen LogP) is 3.72. The van der Waals surface area contributed by atoms with Gasteiger partial charge in [-0.1, -0.05) is 62.9 Å². The highest BCUT2D eigenvalue weighted by Gasteiger charge is 2.04. The molecule has 18 nitrogen and oxygen atoms in total. The van der Waals surface area contributed by atoms with Crippen molar-refractivity contribution in [2.45, 2.75) is 6.92 Å². The van der Waals surface area contributed by atoms with E-state index >= 15 is 0 Å². The number of ether oxygens (including phenoxy) is 3. The number of halogens is 2. The molecule has 0 bridgehead atoms. The fraction of sp³-hybridized carbons (Fsp3) is 0.297. The molecule has 4 amide bonds. The molecular formula is C37H49I2N7O11. The van der Waals surface area contributed by atoms with Crippen LogP contribution >= 0.6 is 45.2 Å². The Bertz CT molecular complexity index is 1660. The number of nitrogens with one attached hydrogen (secondary N) is 4. The maximum absolute atomic E-state index is 11.0.